The molecule has 1 aromatic rings. The van der Waals surface area contributed by atoms with Crippen LogP contribution < -0.4 is 11.3 Å². The Labute approximate surface area is 95.7 Å². The summed E-state index contributed by atoms with van der Waals surface area (Å²) in [6.45, 7) is 0. The molecule has 82 valence electrons. The number of halogens is 1. The molecule has 1 aromatic heterocycles. The second-order valence-electron chi connectivity index (χ2n) is 2.97. The number of aromatic nitrogens is 1. The van der Waals surface area contributed by atoms with E-state index in [1.165, 1.54) is 22.4 Å². The highest BCUT2D eigenvalue weighted by atomic mass is 35.5. The molecule has 0 aromatic carbocycles. The molecule has 2 heterocycles. The average Bonchev–Trinajstić information content (AvgIpc) is 2.55. The number of hydrogen-bond acceptors (Lipinski definition) is 4. The number of nitrogen functional groups attached to an aromatic ring is 1. The van der Waals surface area contributed by atoms with Crippen molar-refractivity contribution in [2.75, 3.05) is 11.5 Å². The van der Waals surface area contributed by atoms with Gasteiger partial charge in [0.05, 0.1) is 10.7 Å². The Hall–Kier alpha value is -1.14. The van der Waals surface area contributed by atoms with Crippen molar-refractivity contribution >= 4 is 35.8 Å². The maximum Gasteiger partial charge on any atom is 0.327 e. The zero-order chi connectivity index (χ0) is 10.3. The lowest BCUT2D eigenvalue weighted by molar-refractivity contribution is -0.140. The van der Waals surface area contributed by atoms with E-state index in [2.05, 4.69) is 0 Å². The molecule has 7 heteroatoms. The third-order valence-corrected chi connectivity index (χ3v) is 3.21. The lowest BCUT2D eigenvalue weighted by Gasteiger charge is -2.08. The summed E-state index contributed by atoms with van der Waals surface area (Å²) >= 11 is 1.35. The highest BCUT2D eigenvalue weighted by Gasteiger charge is 2.29. The molecule has 0 aliphatic carbocycles. The van der Waals surface area contributed by atoms with Crippen molar-refractivity contribution < 1.29 is 9.90 Å². The van der Waals surface area contributed by atoms with Gasteiger partial charge in [-0.05, 0) is 12.1 Å². The van der Waals surface area contributed by atoms with Gasteiger partial charge >= 0.3 is 5.97 Å². The van der Waals surface area contributed by atoms with E-state index in [0.717, 1.165) is 0 Å². The van der Waals surface area contributed by atoms with E-state index < -0.39 is 17.6 Å². The number of nitrogens with zero attached hydrogens (tertiary/aromatic N) is 1. The van der Waals surface area contributed by atoms with Crippen molar-refractivity contribution in [2.24, 2.45) is 0 Å². The third kappa shape index (κ3) is 1.82. The Morgan fingerprint density at radius 2 is 2.27 bits per heavy atom. The summed E-state index contributed by atoms with van der Waals surface area (Å²) in [5, 5.41) is 9.52. The monoisotopic (exact) mass is 248 g/mol. The van der Waals surface area contributed by atoms with E-state index in [9.17, 15) is 9.59 Å². The standard InChI is InChI=1S/C8H8N2O3S.ClH/c9-4-1-2-6-10(7(4)11)5(3-14-6)8(12)13;/h1-2,5H,3,9H2,(H,12,13);1H/t5-;/m0./s1. The molecule has 1 atom stereocenters. The number of fused-ring (bicyclic) bond motifs is 1. The predicted octanol–water partition coefficient (Wildman–Crippen LogP) is 0.584. The molecule has 2 rings (SSSR count). The van der Waals surface area contributed by atoms with E-state index in [1.54, 1.807) is 6.07 Å². The number of carbonyl (C=O) groups is 1. The molecule has 0 spiro atoms. The van der Waals surface area contributed by atoms with Gasteiger partial charge in [0.1, 0.15) is 6.04 Å². The lowest BCUT2D eigenvalue weighted by Crippen LogP contribution is -2.29. The van der Waals surface area contributed by atoms with Crippen LogP contribution in [0, 0.1) is 0 Å². The average molecular weight is 249 g/mol. The van der Waals surface area contributed by atoms with Crippen LogP contribution in [0.15, 0.2) is 22.0 Å². The summed E-state index contributed by atoms with van der Waals surface area (Å²) in [5.74, 6) is -0.613. The maximum atomic E-state index is 11.5. The fourth-order valence-corrected chi connectivity index (χ4v) is 2.52. The van der Waals surface area contributed by atoms with Gasteiger partial charge in [-0.2, -0.15) is 0 Å². The summed E-state index contributed by atoms with van der Waals surface area (Å²) < 4.78 is 1.24. The van der Waals surface area contributed by atoms with Gasteiger partial charge in [0.2, 0.25) is 0 Å². The molecule has 0 bridgehead atoms. The maximum absolute atomic E-state index is 11.5. The second kappa shape index (κ2) is 4.16. The Morgan fingerprint density at radius 1 is 1.60 bits per heavy atom. The van der Waals surface area contributed by atoms with Gasteiger partial charge in [0, 0.05) is 5.75 Å². The third-order valence-electron chi connectivity index (χ3n) is 2.09. The van der Waals surface area contributed by atoms with E-state index in [-0.39, 0.29) is 18.1 Å². The van der Waals surface area contributed by atoms with Crippen molar-refractivity contribution in [3.05, 3.63) is 22.5 Å². The molecule has 1 aliphatic heterocycles. The Balaban J connectivity index is 0.00000112. The quantitative estimate of drug-likeness (QED) is 0.760. The molecule has 0 radical (unpaired) electrons. The van der Waals surface area contributed by atoms with Gasteiger partial charge in [-0.25, -0.2) is 4.79 Å². The number of carboxylic acids is 1. The van der Waals surface area contributed by atoms with Crippen LogP contribution in [0.1, 0.15) is 6.04 Å². The number of carboxylic acid groups (broad SMARTS) is 1. The van der Waals surface area contributed by atoms with Gasteiger partial charge in [0.15, 0.2) is 0 Å². The van der Waals surface area contributed by atoms with Gasteiger partial charge in [-0.1, -0.05) is 0 Å². The van der Waals surface area contributed by atoms with E-state index in [1.807, 2.05) is 0 Å². The fraction of sp³-hybridized carbons (Fsp3) is 0.250. The topological polar surface area (TPSA) is 85.3 Å². The Kier molecular flexibility index (Phi) is 3.31. The number of anilines is 1. The minimum atomic E-state index is -0.996. The summed E-state index contributed by atoms with van der Waals surface area (Å²) in [6, 6.07) is 2.39. The number of rotatable bonds is 1. The molecule has 0 fully saturated rings. The van der Waals surface area contributed by atoms with Crippen molar-refractivity contribution in [3.8, 4) is 0 Å². The number of pyridine rings is 1. The van der Waals surface area contributed by atoms with E-state index in [4.69, 9.17) is 10.8 Å². The zero-order valence-corrected chi connectivity index (χ0v) is 9.18. The molecule has 1 aliphatic rings. The first-order chi connectivity index (χ1) is 6.61. The summed E-state index contributed by atoms with van der Waals surface area (Å²) in [5.41, 5.74) is 5.09. The number of nitrogens with two attached hydrogens (primary N) is 1. The first-order valence-electron chi connectivity index (χ1n) is 3.98. The van der Waals surface area contributed by atoms with E-state index >= 15 is 0 Å². The molecule has 3 N–H and O–H groups in total. The minimum absolute atomic E-state index is 0. The Morgan fingerprint density at radius 3 is 2.87 bits per heavy atom. The van der Waals surface area contributed by atoms with Crippen LogP contribution in [-0.2, 0) is 4.79 Å². The molecule has 5 nitrogen and oxygen atoms in total. The Bertz CT molecular complexity index is 460. The van der Waals surface area contributed by atoms with Crippen molar-refractivity contribution in [1.29, 1.82) is 0 Å². The molecule has 0 amide bonds. The minimum Gasteiger partial charge on any atom is -0.480 e. The van der Waals surface area contributed by atoms with Crippen LogP contribution >= 0.6 is 24.2 Å². The molecule has 15 heavy (non-hydrogen) atoms. The van der Waals surface area contributed by atoms with Crippen LogP contribution in [0.3, 0.4) is 0 Å². The summed E-state index contributed by atoms with van der Waals surface area (Å²) in [7, 11) is 0. The molecule has 0 unspecified atom stereocenters. The van der Waals surface area contributed by atoms with Crippen molar-refractivity contribution in [3.63, 3.8) is 0 Å². The highest BCUT2D eigenvalue weighted by molar-refractivity contribution is 7.99. The summed E-state index contributed by atoms with van der Waals surface area (Å²) in [4.78, 5) is 22.4. The van der Waals surface area contributed by atoms with E-state index in [0.29, 0.717) is 10.8 Å². The number of hydrogen-bond donors (Lipinski definition) is 2. The molecular weight excluding hydrogens is 240 g/mol. The van der Waals surface area contributed by atoms with Gasteiger partial charge in [-0.15, -0.1) is 24.2 Å². The van der Waals surface area contributed by atoms with Crippen molar-refractivity contribution in [2.45, 2.75) is 11.1 Å². The van der Waals surface area contributed by atoms with Crippen LogP contribution in [0.25, 0.3) is 0 Å². The first-order valence-corrected chi connectivity index (χ1v) is 4.96. The van der Waals surface area contributed by atoms with Crippen molar-refractivity contribution in [1.82, 2.24) is 4.57 Å². The van der Waals surface area contributed by atoms with Gasteiger partial charge in [-0.3, -0.25) is 9.36 Å². The van der Waals surface area contributed by atoms with Crippen LogP contribution in [-0.4, -0.2) is 21.4 Å². The van der Waals surface area contributed by atoms with Gasteiger partial charge < -0.3 is 10.8 Å². The fourth-order valence-electron chi connectivity index (χ4n) is 1.39. The first kappa shape index (κ1) is 11.9. The highest BCUT2D eigenvalue weighted by Crippen LogP contribution is 2.31. The smallest absolute Gasteiger partial charge is 0.327 e. The van der Waals surface area contributed by atoms with Gasteiger partial charge in [0.25, 0.3) is 5.56 Å². The molecular formula is C8H9ClN2O3S. The zero-order valence-electron chi connectivity index (χ0n) is 7.54. The second-order valence-corrected chi connectivity index (χ2v) is 4.01. The van der Waals surface area contributed by atoms with Crippen LogP contribution in [0.2, 0.25) is 0 Å². The number of aliphatic carboxylic acids is 1. The normalized spacial score (nSPS) is 18.0. The number of thioether (sulfide) groups is 1. The molecule has 0 saturated heterocycles. The molecule has 0 saturated carbocycles. The van der Waals surface area contributed by atoms with Crippen LogP contribution in [0.5, 0.6) is 0 Å². The largest absolute Gasteiger partial charge is 0.480 e. The van der Waals surface area contributed by atoms with Crippen LogP contribution in [0.4, 0.5) is 5.69 Å². The lowest BCUT2D eigenvalue weighted by atomic mass is 10.3. The summed E-state index contributed by atoms with van der Waals surface area (Å²) in [6.07, 6.45) is 0. The SMILES string of the molecule is Cl.Nc1ccc2n(c1=O)[C@H](C(=O)O)CS2. The predicted molar refractivity (Wildman–Crippen MR) is 59.8 cm³/mol.